The number of hydrogen-bond acceptors (Lipinski definition) is 6. The van der Waals surface area contributed by atoms with Crippen LogP contribution in [0.4, 0.5) is 18.9 Å². The summed E-state index contributed by atoms with van der Waals surface area (Å²) in [6.45, 7) is 1.05. The number of rotatable bonds is 5. The largest absolute Gasteiger partial charge is 0.335 e. The number of para-hydroxylation sites is 1. The fourth-order valence-corrected chi connectivity index (χ4v) is 5.41. The van der Waals surface area contributed by atoms with Crippen LogP contribution < -0.4 is 5.01 Å². The van der Waals surface area contributed by atoms with Gasteiger partial charge in [-0.25, -0.2) is 21.6 Å². The first-order valence-electron chi connectivity index (χ1n) is 10.5. The molecule has 1 unspecified atom stereocenters. The molecule has 0 aromatic heterocycles. The average molecular weight is 494 g/mol. The number of hydrazone groups is 1. The molecule has 1 atom stereocenters. The van der Waals surface area contributed by atoms with Gasteiger partial charge in [-0.1, -0.05) is 18.2 Å². The second-order valence-electron chi connectivity index (χ2n) is 7.93. The van der Waals surface area contributed by atoms with Crippen molar-refractivity contribution in [1.29, 1.82) is 0 Å². The maximum absolute atomic E-state index is 14.1. The van der Waals surface area contributed by atoms with E-state index in [-0.39, 0.29) is 44.1 Å². The molecule has 0 bridgehead atoms. The van der Waals surface area contributed by atoms with Crippen molar-refractivity contribution >= 4 is 33.1 Å². The van der Waals surface area contributed by atoms with Gasteiger partial charge in [0, 0.05) is 32.6 Å². The molecule has 4 rings (SSSR count). The minimum atomic E-state index is -4.43. The molecule has 34 heavy (non-hydrogen) atoms. The lowest BCUT2D eigenvalue weighted by molar-refractivity contribution is -0.125. The van der Waals surface area contributed by atoms with Crippen LogP contribution in [-0.2, 0) is 19.6 Å². The second-order valence-corrected chi connectivity index (χ2v) is 9.83. The standard InChI is InChI=1S/C22H21F3N4O4S/c1-14(30)18-13-17(26-29(18)15-5-3-2-4-6-15)22(31)27-9-11-28(12-10-27)34(32,33)19-8-7-16(23)20(24)21(19)25/h2-8,18H,9-13H2,1H3. The van der Waals surface area contributed by atoms with Crippen LogP contribution in [-0.4, -0.2) is 67.2 Å². The van der Waals surface area contributed by atoms with Crippen molar-refractivity contribution in [2.24, 2.45) is 5.10 Å². The van der Waals surface area contributed by atoms with E-state index in [0.29, 0.717) is 17.8 Å². The maximum Gasteiger partial charge on any atom is 0.270 e. The van der Waals surface area contributed by atoms with Crippen LogP contribution in [0.3, 0.4) is 0 Å². The predicted octanol–water partition coefficient (Wildman–Crippen LogP) is 2.16. The highest BCUT2D eigenvalue weighted by molar-refractivity contribution is 7.89. The molecule has 0 radical (unpaired) electrons. The zero-order valence-electron chi connectivity index (χ0n) is 18.1. The van der Waals surface area contributed by atoms with Crippen molar-refractivity contribution in [2.75, 3.05) is 31.2 Å². The third-order valence-electron chi connectivity index (χ3n) is 5.79. The maximum atomic E-state index is 14.1. The number of Topliss-reactive ketones (excluding diaryl/α,β-unsaturated/α-hetero) is 1. The first-order valence-corrected chi connectivity index (χ1v) is 11.9. The molecule has 0 N–H and O–H groups in total. The molecule has 2 aliphatic heterocycles. The van der Waals surface area contributed by atoms with Crippen molar-refractivity contribution in [3.8, 4) is 0 Å². The molecule has 1 fully saturated rings. The van der Waals surface area contributed by atoms with Crippen molar-refractivity contribution in [1.82, 2.24) is 9.21 Å². The molecular formula is C22H21F3N4O4S. The number of carbonyl (C=O) groups excluding carboxylic acids is 2. The van der Waals surface area contributed by atoms with Crippen LogP contribution in [0.2, 0.25) is 0 Å². The Kier molecular flexibility index (Phi) is 6.45. The number of hydrogen-bond donors (Lipinski definition) is 0. The van der Waals surface area contributed by atoms with E-state index in [1.165, 1.54) is 16.8 Å². The highest BCUT2D eigenvalue weighted by Gasteiger charge is 2.38. The number of nitrogens with zero attached hydrogens (tertiary/aromatic N) is 4. The Morgan fingerprint density at radius 1 is 0.941 bits per heavy atom. The summed E-state index contributed by atoms with van der Waals surface area (Å²) in [5, 5.41) is 5.86. The summed E-state index contributed by atoms with van der Waals surface area (Å²) < 4.78 is 67.2. The van der Waals surface area contributed by atoms with E-state index in [1.54, 1.807) is 24.3 Å². The quantitative estimate of drug-likeness (QED) is 0.595. The molecule has 0 saturated carbocycles. The Bertz CT molecular complexity index is 1260. The number of piperazine rings is 1. The molecule has 1 saturated heterocycles. The lowest BCUT2D eigenvalue weighted by Gasteiger charge is -2.34. The smallest absolute Gasteiger partial charge is 0.270 e. The van der Waals surface area contributed by atoms with Crippen LogP contribution >= 0.6 is 0 Å². The zero-order chi connectivity index (χ0) is 24.6. The zero-order valence-corrected chi connectivity index (χ0v) is 18.9. The molecule has 2 aromatic carbocycles. The van der Waals surface area contributed by atoms with Crippen LogP contribution in [0.15, 0.2) is 52.5 Å². The minimum absolute atomic E-state index is 0.0154. The number of benzene rings is 2. The number of carbonyl (C=O) groups is 2. The predicted molar refractivity (Wildman–Crippen MR) is 117 cm³/mol. The monoisotopic (exact) mass is 494 g/mol. The number of sulfonamides is 1. The number of amides is 1. The molecule has 12 heteroatoms. The van der Waals surface area contributed by atoms with Crippen molar-refractivity contribution in [3.63, 3.8) is 0 Å². The van der Waals surface area contributed by atoms with Gasteiger partial charge in [-0.2, -0.15) is 9.41 Å². The summed E-state index contributed by atoms with van der Waals surface area (Å²) in [7, 11) is -4.43. The van der Waals surface area contributed by atoms with Gasteiger partial charge in [-0.15, -0.1) is 0 Å². The first-order chi connectivity index (χ1) is 16.1. The van der Waals surface area contributed by atoms with Crippen LogP contribution in [0.5, 0.6) is 0 Å². The average Bonchev–Trinajstić information content (AvgIpc) is 3.28. The summed E-state index contributed by atoms with van der Waals surface area (Å²) in [6, 6.07) is 9.54. The van der Waals surface area contributed by atoms with Gasteiger partial charge in [-0.05, 0) is 31.2 Å². The van der Waals surface area contributed by atoms with E-state index in [0.717, 1.165) is 4.31 Å². The van der Waals surface area contributed by atoms with E-state index in [1.807, 2.05) is 6.07 Å². The molecule has 0 spiro atoms. The lowest BCUT2D eigenvalue weighted by Crippen LogP contribution is -2.52. The van der Waals surface area contributed by atoms with E-state index in [9.17, 15) is 31.2 Å². The summed E-state index contributed by atoms with van der Waals surface area (Å²) in [4.78, 5) is 25.6. The SMILES string of the molecule is CC(=O)C1CC(C(=O)N2CCN(S(=O)(=O)c3ccc(F)c(F)c3F)CC2)=NN1c1ccccc1. The Morgan fingerprint density at radius 2 is 1.59 bits per heavy atom. The van der Waals surface area contributed by atoms with Gasteiger partial charge in [0.05, 0.1) is 5.69 Å². The molecule has 2 aromatic rings. The van der Waals surface area contributed by atoms with Gasteiger partial charge in [0.25, 0.3) is 5.91 Å². The summed E-state index contributed by atoms with van der Waals surface area (Å²) >= 11 is 0. The van der Waals surface area contributed by atoms with E-state index in [4.69, 9.17) is 0 Å². The Morgan fingerprint density at radius 3 is 2.21 bits per heavy atom. The molecule has 2 heterocycles. The highest BCUT2D eigenvalue weighted by atomic mass is 32.2. The topological polar surface area (TPSA) is 90.4 Å². The highest BCUT2D eigenvalue weighted by Crippen LogP contribution is 2.27. The fourth-order valence-electron chi connectivity index (χ4n) is 3.94. The number of anilines is 1. The molecule has 2 aliphatic rings. The minimum Gasteiger partial charge on any atom is -0.335 e. The van der Waals surface area contributed by atoms with Gasteiger partial charge in [0.1, 0.15) is 16.6 Å². The van der Waals surface area contributed by atoms with Crippen molar-refractivity contribution in [2.45, 2.75) is 24.3 Å². The Hall–Kier alpha value is -3.25. The van der Waals surface area contributed by atoms with Crippen LogP contribution in [0, 0.1) is 17.5 Å². The van der Waals surface area contributed by atoms with Crippen molar-refractivity contribution < 1.29 is 31.2 Å². The van der Waals surface area contributed by atoms with Crippen molar-refractivity contribution in [3.05, 3.63) is 59.9 Å². The molecular weight excluding hydrogens is 473 g/mol. The van der Waals surface area contributed by atoms with Gasteiger partial charge in [-0.3, -0.25) is 14.6 Å². The third kappa shape index (κ3) is 4.30. The third-order valence-corrected chi connectivity index (χ3v) is 7.71. The van der Waals surface area contributed by atoms with E-state index < -0.39 is 44.3 Å². The first kappa shape index (κ1) is 23.9. The van der Waals surface area contributed by atoms with E-state index >= 15 is 0 Å². The molecule has 1 amide bonds. The fraction of sp³-hybridized carbons (Fsp3) is 0.318. The Balaban J connectivity index is 1.48. The van der Waals surface area contributed by atoms with E-state index in [2.05, 4.69) is 5.10 Å². The normalized spacial score (nSPS) is 19.3. The van der Waals surface area contributed by atoms with Gasteiger partial charge in [0.15, 0.2) is 23.2 Å². The number of halogens is 3. The molecule has 8 nitrogen and oxygen atoms in total. The summed E-state index contributed by atoms with van der Waals surface area (Å²) in [6.07, 6.45) is 0.113. The second kappa shape index (κ2) is 9.18. The number of ketones is 1. The lowest BCUT2D eigenvalue weighted by atomic mass is 10.1. The van der Waals surface area contributed by atoms with Gasteiger partial charge >= 0.3 is 0 Å². The van der Waals surface area contributed by atoms with Gasteiger partial charge in [0.2, 0.25) is 10.0 Å². The summed E-state index contributed by atoms with van der Waals surface area (Å²) in [5.41, 5.74) is 0.835. The van der Waals surface area contributed by atoms with Crippen LogP contribution in [0.25, 0.3) is 0 Å². The Labute approximate surface area is 194 Å². The van der Waals surface area contributed by atoms with Crippen LogP contribution in [0.1, 0.15) is 13.3 Å². The molecule has 0 aliphatic carbocycles. The van der Waals surface area contributed by atoms with Gasteiger partial charge < -0.3 is 4.90 Å². The summed E-state index contributed by atoms with van der Waals surface area (Å²) in [5.74, 6) is -5.72. The molecule has 180 valence electrons.